The first-order valence-electron chi connectivity index (χ1n) is 8.60. The molecule has 2 heterocycles. The van der Waals surface area contributed by atoms with Crippen LogP contribution in [0.1, 0.15) is 30.3 Å². The van der Waals surface area contributed by atoms with E-state index in [1.165, 1.54) is 4.88 Å². The van der Waals surface area contributed by atoms with Crippen LogP contribution in [0, 0.1) is 5.92 Å². The van der Waals surface area contributed by atoms with E-state index in [0.717, 1.165) is 23.5 Å². The Morgan fingerprint density at radius 3 is 2.72 bits per heavy atom. The number of carbonyl (C=O) groups excluding carboxylic acids is 1. The third-order valence-electron chi connectivity index (χ3n) is 4.12. The third kappa shape index (κ3) is 4.66. The minimum absolute atomic E-state index is 0.0856. The van der Waals surface area contributed by atoms with E-state index in [1.807, 2.05) is 29.6 Å². The van der Waals surface area contributed by atoms with Gasteiger partial charge in [0.1, 0.15) is 13.2 Å². The number of carbonyl (C=O) groups is 1. The summed E-state index contributed by atoms with van der Waals surface area (Å²) in [5.74, 6) is 1.76. The van der Waals surface area contributed by atoms with Crippen molar-refractivity contribution in [2.45, 2.75) is 26.3 Å². The van der Waals surface area contributed by atoms with Gasteiger partial charge < -0.3 is 20.1 Å². The van der Waals surface area contributed by atoms with Gasteiger partial charge in [-0.25, -0.2) is 4.79 Å². The highest BCUT2D eigenvalue weighted by atomic mass is 32.1. The van der Waals surface area contributed by atoms with Crippen LogP contribution in [-0.2, 0) is 6.42 Å². The molecule has 0 spiro atoms. The van der Waals surface area contributed by atoms with Gasteiger partial charge in [0.15, 0.2) is 11.5 Å². The number of amides is 2. The zero-order valence-electron chi connectivity index (χ0n) is 14.6. The SMILES string of the molecule is CC(C)[C@@H](NC(=O)NCCc1cccs1)c1ccc2c(c1)OCCO2. The summed E-state index contributed by atoms with van der Waals surface area (Å²) < 4.78 is 11.2. The lowest BCUT2D eigenvalue weighted by Gasteiger charge is -2.25. The Kier molecular flexibility index (Phi) is 5.81. The fourth-order valence-corrected chi connectivity index (χ4v) is 3.54. The van der Waals surface area contributed by atoms with E-state index in [0.29, 0.717) is 19.8 Å². The van der Waals surface area contributed by atoms with Crippen molar-refractivity contribution in [3.63, 3.8) is 0 Å². The molecule has 0 aliphatic carbocycles. The number of hydrogen-bond acceptors (Lipinski definition) is 4. The van der Waals surface area contributed by atoms with Crippen molar-refractivity contribution in [3.05, 3.63) is 46.2 Å². The Morgan fingerprint density at radius 2 is 2.00 bits per heavy atom. The first-order chi connectivity index (χ1) is 12.1. The quantitative estimate of drug-likeness (QED) is 0.825. The Bertz CT molecular complexity index is 701. The van der Waals surface area contributed by atoms with Crippen molar-refractivity contribution in [2.75, 3.05) is 19.8 Å². The highest BCUT2D eigenvalue weighted by Crippen LogP contribution is 2.34. The summed E-state index contributed by atoms with van der Waals surface area (Å²) in [6.07, 6.45) is 0.849. The number of rotatable bonds is 6. The largest absolute Gasteiger partial charge is 0.486 e. The van der Waals surface area contributed by atoms with Gasteiger partial charge >= 0.3 is 6.03 Å². The normalized spacial score (nSPS) is 14.2. The summed E-state index contributed by atoms with van der Waals surface area (Å²) in [6, 6.07) is 9.74. The molecule has 1 aromatic heterocycles. The van der Waals surface area contributed by atoms with E-state index in [4.69, 9.17) is 9.47 Å². The molecule has 1 aromatic carbocycles. The van der Waals surface area contributed by atoms with E-state index in [1.54, 1.807) is 11.3 Å². The van der Waals surface area contributed by atoms with E-state index in [2.05, 4.69) is 30.5 Å². The van der Waals surface area contributed by atoms with Crippen molar-refractivity contribution in [1.82, 2.24) is 10.6 Å². The monoisotopic (exact) mass is 360 g/mol. The lowest BCUT2D eigenvalue weighted by atomic mass is 9.95. The lowest BCUT2D eigenvalue weighted by Crippen LogP contribution is -2.40. The average molecular weight is 360 g/mol. The maximum atomic E-state index is 12.3. The van der Waals surface area contributed by atoms with Crippen molar-refractivity contribution < 1.29 is 14.3 Å². The maximum Gasteiger partial charge on any atom is 0.315 e. The minimum atomic E-state index is -0.148. The first-order valence-corrected chi connectivity index (χ1v) is 9.48. The molecule has 2 aromatic rings. The fraction of sp³-hybridized carbons (Fsp3) is 0.421. The Labute approximate surface area is 152 Å². The number of ether oxygens (including phenoxy) is 2. The van der Waals surface area contributed by atoms with Gasteiger partial charge in [-0.1, -0.05) is 26.0 Å². The van der Waals surface area contributed by atoms with Crippen LogP contribution in [0.3, 0.4) is 0 Å². The lowest BCUT2D eigenvalue weighted by molar-refractivity contribution is 0.171. The number of benzene rings is 1. The van der Waals surface area contributed by atoms with Gasteiger partial charge in [0.05, 0.1) is 6.04 Å². The zero-order chi connectivity index (χ0) is 17.6. The fourth-order valence-electron chi connectivity index (χ4n) is 2.83. The predicted molar refractivity (Wildman–Crippen MR) is 99.6 cm³/mol. The van der Waals surface area contributed by atoms with Crippen molar-refractivity contribution in [3.8, 4) is 11.5 Å². The van der Waals surface area contributed by atoms with Crippen LogP contribution in [0.2, 0.25) is 0 Å². The minimum Gasteiger partial charge on any atom is -0.486 e. The topological polar surface area (TPSA) is 59.6 Å². The van der Waals surface area contributed by atoms with Gasteiger partial charge in [-0.2, -0.15) is 0 Å². The van der Waals surface area contributed by atoms with Crippen molar-refractivity contribution in [1.29, 1.82) is 0 Å². The number of urea groups is 1. The van der Waals surface area contributed by atoms with Crippen LogP contribution < -0.4 is 20.1 Å². The second kappa shape index (κ2) is 8.25. The highest BCUT2D eigenvalue weighted by molar-refractivity contribution is 7.09. The number of nitrogens with one attached hydrogen (secondary N) is 2. The Morgan fingerprint density at radius 1 is 1.20 bits per heavy atom. The Balaban J connectivity index is 1.59. The van der Waals surface area contributed by atoms with Crippen molar-refractivity contribution >= 4 is 17.4 Å². The molecule has 134 valence electrons. The molecular formula is C19H24N2O3S. The van der Waals surface area contributed by atoms with Gasteiger partial charge in [-0.15, -0.1) is 11.3 Å². The molecule has 3 rings (SSSR count). The number of hydrogen-bond donors (Lipinski definition) is 2. The summed E-state index contributed by atoms with van der Waals surface area (Å²) in [6.45, 7) is 5.93. The van der Waals surface area contributed by atoms with Crippen molar-refractivity contribution in [2.24, 2.45) is 5.92 Å². The second-order valence-electron chi connectivity index (χ2n) is 6.35. The highest BCUT2D eigenvalue weighted by Gasteiger charge is 2.21. The molecule has 2 N–H and O–H groups in total. The molecule has 0 unspecified atom stereocenters. The van der Waals surface area contributed by atoms with Gasteiger partial charge in [-0.3, -0.25) is 0 Å². The van der Waals surface area contributed by atoms with Crippen LogP contribution in [0.15, 0.2) is 35.7 Å². The van der Waals surface area contributed by atoms with Crippen LogP contribution >= 0.6 is 11.3 Å². The molecule has 1 atom stereocenters. The molecule has 1 aliphatic rings. The molecule has 0 saturated carbocycles. The van der Waals surface area contributed by atoms with Gasteiger partial charge in [-0.05, 0) is 41.5 Å². The van der Waals surface area contributed by atoms with Crippen LogP contribution in [-0.4, -0.2) is 25.8 Å². The average Bonchev–Trinajstić information content (AvgIpc) is 3.12. The summed E-state index contributed by atoms with van der Waals surface area (Å²) in [4.78, 5) is 13.5. The maximum absolute atomic E-state index is 12.3. The summed E-state index contributed by atoms with van der Waals surface area (Å²) in [7, 11) is 0. The Hall–Kier alpha value is -2.21. The summed E-state index contributed by atoms with van der Waals surface area (Å²) in [5, 5.41) is 8.06. The summed E-state index contributed by atoms with van der Waals surface area (Å²) in [5.41, 5.74) is 1.02. The molecule has 0 saturated heterocycles. The first kappa shape index (κ1) is 17.6. The zero-order valence-corrected chi connectivity index (χ0v) is 15.4. The standard InChI is InChI=1S/C19H24N2O3S/c1-13(2)18(14-5-6-16-17(12-14)24-10-9-23-16)21-19(22)20-8-7-15-4-3-11-25-15/h3-6,11-13,18H,7-10H2,1-2H3,(H2,20,21,22)/t18-/m1/s1. The van der Waals surface area contributed by atoms with Crippen LogP contribution in [0.5, 0.6) is 11.5 Å². The molecule has 1 aliphatic heterocycles. The van der Waals surface area contributed by atoms with Gasteiger partial charge in [0.25, 0.3) is 0 Å². The van der Waals surface area contributed by atoms with Gasteiger partial charge in [0.2, 0.25) is 0 Å². The molecule has 0 radical (unpaired) electrons. The summed E-state index contributed by atoms with van der Waals surface area (Å²) >= 11 is 1.71. The van der Waals surface area contributed by atoms with Gasteiger partial charge in [0, 0.05) is 11.4 Å². The number of thiophene rings is 1. The second-order valence-corrected chi connectivity index (χ2v) is 7.39. The number of fused-ring (bicyclic) bond motifs is 1. The predicted octanol–water partition coefficient (Wildman–Crippen LogP) is 3.76. The van der Waals surface area contributed by atoms with E-state index >= 15 is 0 Å². The third-order valence-corrected chi connectivity index (χ3v) is 5.05. The van der Waals surface area contributed by atoms with E-state index < -0.39 is 0 Å². The molecule has 2 amide bonds. The van der Waals surface area contributed by atoms with Crippen LogP contribution in [0.4, 0.5) is 4.79 Å². The molecule has 0 fully saturated rings. The molecule has 5 nitrogen and oxygen atoms in total. The van der Waals surface area contributed by atoms with E-state index in [-0.39, 0.29) is 18.0 Å². The molecule has 0 bridgehead atoms. The molecular weight excluding hydrogens is 336 g/mol. The smallest absolute Gasteiger partial charge is 0.315 e. The molecule has 6 heteroatoms. The van der Waals surface area contributed by atoms with E-state index in [9.17, 15) is 4.79 Å². The van der Waals surface area contributed by atoms with Crippen LogP contribution in [0.25, 0.3) is 0 Å². The molecule has 25 heavy (non-hydrogen) atoms.